The molecule has 0 saturated heterocycles. The topological polar surface area (TPSA) is 62.1 Å². The SMILES string of the molecule is COc1ccc(Oc2ncnc3c2cnn3C)c(Br)c1. The Bertz CT molecular complexity index is 772. The van der Waals surface area contributed by atoms with E-state index >= 15 is 0 Å². The summed E-state index contributed by atoms with van der Waals surface area (Å²) in [6, 6.07) is 5.46. The van der Waals surface area contributed by atoms with Crippen LogP contribution in [0.25, 0.3) is 11.0 Å². The van der Waals surface area contributed by atoms with Crippen molar-refractivity contribution in [3.63, 3.8) is 0 Å². The van der Waals surface area contributed by atoms with Crippen LogP contribution in [0.15, 0.2) is 35.2 Å². The van der Waals surface area contributed by atoms with E-state index in [1.165, 1.54) is 6.33 Å². The van der Waals surface area contributed by atoms with Crippen LogP contribution < -0.4 is 9.47 Å². The van der Waals surface area contributed by atoms with Crippen molar-refractivity contribution in [1.29, 1.82) is 0 Å². The molecular formula is C13H11BrN4O2. The lowest BCUT2D eigenvalue weighted by atomic mass is 10.3. The lowest BCUT2D eigenvalue weighted by Gasteiger charge is -2.08. The standard InChI is InChI=1S/C13H11BrN4O2/c1-18-12-9(6-17-18)13(16-7-15-12)20-11-4-3-8(19-2)5-10(11)14/h3-7H,1-2H3. The molecule has 0 unspecified atom stereocenters. The number of nitrogens with zero attached hydrogens (tertiary/aromatic N) is 4. The summed E-state index contributed by atoms with van der Waals surface area (Å²) in [5.41, 5.74) is 0.722. The number of hydrogen-bond donors (Lipinski definition) is 0. The lowest BCUT2D eigenvalue weighted by Crippen LogP contribution is -1.94. The summed E-state index contributed by atoms with van der Waals surface area (Å²) in [7, 11) is 3.44. The van der Waals surface area contributed by atoms with Gasteiger partial charge < -0.3 is 9.47 Å². The van der Waals surface area contributed by atoms with Gasteiger partial charge in [0.2, 0.25) is 5.88 Å². The van der Waals surface area contributed by atoms with E-state index < -0.39 is 0 Å². The first-order chi connectivity index (χ1) is 9.69. The van der Waals surface area contributed by atoms with E-state index in [2.05, 4.69) is 31.0 Å². The Hall–Kier alpha value is -2.15. The molecule has 3 aromatic rings. The summed E-state index contributed by atoms with van der Waals surface area (Å²) in [6.45, 7) is 0. The molecule has 7 heteroatoms. The van der Waals surface area contributed by atoms with Gasteiger partial charge in [-0.2, -0.15) is 5.10 Å². The van der Waals surface area contributed by atoms with Crippen LogP contribution in [0.1, 0.15) is 0 Å². The summed E-state index contributed by atoms with van der Waals surface area (Å²) in [4.78, 5) is 8.33. The number of halogens is 1. The van der Waals surface area contributed by atoms with Gasteiger partial charge in [0.15, 0.2) is 5.65 Å². The smallest absolute Gasteiger partial charge is 0.233 e. The van der Waals surface area contributed by atoms with Crippen molar-refractivity contribution in [1.82, 2.24) is 19.7 Å². The first-order valence-electron chi connectivity index (χ1n) is 5.83. The molecule has 0 radical (unpaired) electrons. The third kappa shape index (κ3) is 2.20. The Kier molecular flexibility index (Phi) is 3.27. The zero-order chi connectivity index (χ0) is 14.1. The van der Waals surface area contributed by atoms with Gasteiger partial charge in [-0.05, 0) is 34.1 Å². The second-order valence-electron chi connectivity index (χ2n) is 4.08. The Morgan fingerprint density at radius 1 is 1.25 bits per heavy atom. The third-order valence-corrected chi connectivity index (χ3v) is 3.46. The summed E-state index contributed by atoms with van der Waals surface area (Å²) >= 11 is 3.45. The Morgan fingerprint density at radius 2 is 2.10 bits per heavy atom. The number of aryl methyl sites for hydroxylation is 1. The predicted octanol–water partition coefficient (Wildman–Crippen LogP) is 2.93. The molecule has 20 heavy (non-hydrogen) atoms. The zero-order valence-corrected chi connectivity index (χ0v) is 12.5. The second kappa shape index (κ2) is 5.09. The average Bonchev–Trinajstić information content (AvgIpc) is 2.84. The summed E-state index contributed by atoms with van der Waals surface area (Å²) in [6.07, 6.45) is 3.14. The van der Waals surface area contributed by atoms with Gasteiger partial charge in [-0.3, -0.25) is 4.68 Å². The van der Waals surface area contributed by atoms with Gasteiger partial charge in [-0.15, -0.1) is 0 Å². The number of rotatable bonds is 3. The maximum Gasteiger partial charge on any atom is 0.233 e. The van der Waals surface area contributed by atoms with Crippen molar-refractivity contribution in [2.75, 3.05) is 7.11 Å². The van der Waals surface area contributed by atoms with Crippen LogP contribution >= 0.6 is 15.9 Å². The molecular weight excluding hydrogens is 324 g/mol. The fourth-order valence-electron chi connectivity index (χ4n) is 1.82. The van der Waals surface area contributed by atoms with Crippen molar-refractivity contribution in [3.05, 3.63) is 35.2 Å². The summed E-state index contributed by atoms with van der Waals surface area (Å²) in [5, 5.41) is 4.91. The van der Waals surface area contributed by atoms with Crippen LogP contribution in [0.2, 0.25) is 0 Å². The van der Waals surface area contributed by atoms with Crippen LogP contribution in [0.4, 0.5) is 0 Å². The highest BCUT2D eigenvalue weighted by molar-refractivity contribution is 9.10. The molecule has 0 spiro atoms. The van der Waals surface area contributed by atoms with Gasteiger partial charge in [0.25, 0.3) is 0 Å². The Balaban J connectivity index is 2.01. The van der Waals surface area contributed by atoms with Crippen LogP contribution in [0.5, 0.6) is 17.4 Å². The minimum atomic E-state index is 0.467. The molecule has 0 amide bonds. The quantitative estimate of drug-likeness (QED) is 0.736. The van der Waals surface area contributed by atoms with Crippen LogP contribution in [-0.2, 0) is 7.05 Å². The normalized spacial score (nSPS) is 10.8. The number of ether oxygens (including phenoxy) is 2. The molecule has 0 aliphatic rings. The Labute approximate surface area is 123 Å². The molecule has 102 valence electrons. The van der Waals surface area contributed by atoms with Gasteiger partial charge in [-0.1, -0.05) is 0 Å². The highest BCUT2D eigenvalue weighted by atomic mass is 79.9. The molecule has 0 saturated carbocycles. The predicted molar refractivity (Wildman–Crippen MR) is 77.1 cm³/mol. The minimum absolute atomic E-state index is 0.467. The van der Waals surface area contributed by atoms with E-state index in [4.69, 9.17) is 9.47 Å². The molecule has 0 aliphatic carbocycles. The molecule has 0 atom stereocenters. The summed E-state index contributed by atoms with van der Waals surface area (Å²) in [5.74, 6) is 1.86. The highest BCUT2D eigenvalue weighted by Gasteiger charge is 2.11. The van der Waals surface area contributed by atoms with Crippen molar-refractivity contribution < 1.29 is 9.47 Å². The third-order valence-electron chi connectivity index (χ3n) is 2.84. The second-order valence-corrected chi connectivity index (χ2v) is 4.94. The van der Waals surface area contributed by atoms with Crippen LogP contribution in [0, 0.1) is 0 Å². The van der Waals surface area contributed by atoms with E-state index in [0.717, 1.165) is 21.3 Å². The molecule has 0 aliphatic heterocycles. The molecule has 0 fully saturated rings. The number of aromatic nitrogens is 4. The number of benzene rings is 1. The molecule has 3 rings (SSSR count). The van der Waals surface area contributed by atoms with Gasteiger partial charge in [0.1, 0.15) is 23.2 Å². The van der Waals surface area contributed by atoms with Crippen molar-refractivity contribution in [2.24, 2.45) is 7.05 Å². The van der Waals surface area contributed by atoms with E-state index in [0.29, 0.717) is 11.6 Å². The van der Waals surface area contributed by atoms with Gasteiger partial charge in [0, 0.05) is 7.05 Å². The Morgan fingerprint density at radius 3 is 2.85 bits per heavy atom. The number of methoxy groups -OCH3 is 1. The molecule has 1 aromatic carbocycles. The molecule has 6 nitrogen and oxygen atoms in total. The molecule has 0 bridgehead atoms. The molecule has 2 aromatic heterocycles. The van der Waals surface area contributed by atoms with E-state index in [1.807, 2.05) is 25.2 Å². The first kappa shape index (κ1) is 12.9. The zero-order valence-electron chi connectivity index (χ0n) is 10.9. The fraction of sp³-hybridized carbons (Fsp3) is 0.154. The van der Waals surface area contributed by atoms with Crippen LogP contribution in [0.3, 0.4) is 0 Å². The summed E-state index contributed by atoms with van der Waals surface area (Å²) < 4.78 is 13.4. The van der Waals surface area contributed by atoms with Gasteiger partial charge in [0.05, 0.1) is 17.8 Å². The van der Waals surface area contributed by atoms with E-state index in [9.17, 15) is 0 Å². The maximum atomic E-state index is 5.83. The van der Waals surface area contributed by atoms with E-state index in [-0.39, 0.29) is 0 Å². The van der Waals surface area contributed by atoms with Crippen molar-refractivity contribution >= 4 is 27.0 Å². The fourth-order valence-corrected chi connectivity index (χ4v) is 2.26. The van der Waals surface area contributed by atoms with Crippen molar-refractivity contribution in [3.8, 4) is 17.4 Å². The van der Waals surface area contributed by atoms with Gasteiger partial charge in [-0.25, -0.2) is 9.97 Å². The first-order valence-corrected chi connectivity index (χ1v) is 6.62. The van der Waals surface area contributed by atoms with Crippen molar-refractivity contribution in [2.45, 2.75) is 0 Å². The lowest BCUT2D eigenvalue weighted by molar-refractivity contribution is 0.411. The average molecular weight is 335 g/mol. The monoisotopic (exact) mass is 334 g/mol. The minimum Gasteiger partial charge on any atom is -0.497 e. The van der Waals surface area contributed by atoms with E-state index in [1.54, 1.807) is 18.0 Å². The molecule has 2 heterocycles. The van der Waals surface area contributed by atoms with Crippen LogP contribution in [-0.4, -0.2) is 26.9 Å². The molecule has 0 N–H and O–H groups in total. The largest absolute Gasteiger partial charge is 0.497 e. The highest BCUT2D eigenvalue weighted by Crippen LogP contribution is 2.33. The number of hydrogen-bond acceptors (Lipinski definition) is 5. The van der Waals surface area contributed by atoms with Gasteiger partial charge >= 0.3 is 0 Å². The number of fused-ring (bicyclic) bond motifs is 1. The maximum absolute atomic E-state index is 5.83.